The zero-order valence-electron chi connectivity index (χ0n) is 11.7. The maximum Gasteiger partial charge on any atom is 0.0699 e. The molecule has 0 spiro atoms. The van der Waals surface area contributed by atoms with Crippen LogP contribution < -0.4 is 0 Å². The fraction of sp³-hybridized carbons (Fsp3) is 0.857. The van der Waals surface area contributed by atoms with Crippen LogP contribution in [0.5, 0.6) is 0 Å². The number of nitrogens with zero attached hydrogens (tertiary/aromatic N) is 1. The van der Waals surface area contributed by atoms with Gasteiger partial charge < -0.3 is 9.64 Å². The SMILES string of the molecule is CC(C)C1=C(C(C)C)N(C(C)C)CCOC1. The molecule has 0 aromatic heterocycles. The Morgan fingerprint density at radius 1 is 1.00 bits per heavy atom. The van der Waals surface area contributed by atoms with Gasteiger partial charge >= 0.3 is 0 Å². The second-order valence-corrected chi connectivity index (χ2v) is 5.56. The van der Waals surface area contributed by atoms with E-state index in [1.54, 1.807) is 0 Å². The summed E-state index contributed by atoms with van der Waals surface area (Å²) in [4.78, 5) is 2.52. The number of hydrogen-bond donors (Lipinski definition) is 0. The molecule has 0 N–H and O–H groups in total. The third-order valence-electron chi connectivity index (χ3n) is 3.24. The molecule has 0 aliphatic carbocycles. The van der Waals surface area contributed by atoms with Gasteiger partial charge in [0, 0.05) is 18.3 Å². The highest BCUT2D eigenvalue weighted by Gasteiger charge is 2.24. The van der Waals surface area contributed by atoms with Crippen LogP contribution >= 0.6 is 0 Å². The Morgan fingerprint density at radius 2 is 1.62 bits per heavy atom. The molecule has 1 aliphatic rings. The van der Waals surface area contributed by atoms with E-state index < -0.39 is 0 Å². The fourth-order valence-corrected chi connectivity index (χ4v) is 2.43. The molecule has 0 fully saturated rings. The van der Waals surface area contributed by atoms with Gasteiger partial charge in [-0.2, -0.15) is 0 Å². The van der Waals surface area contributed by atoms with E-state index in [4.69, 9.17) is 4.74 Å². The van der Waals surface area contributed by atoms with Gasteiger partial charge in [-0.25, -0.2) is 0 Å². The average molecular weight is 225 g/mol. The monoisotopic (exact) mass is 225 g/mol. The van der Waals surface area contributed by atoms with Crippen molar-refractivity contribution in [3.05, 3.63) is 11.3 Å². The van der Waals surface area contributed by atoms with Crippen molar-refractivity contribution in [2.24, 2.45) is 11.8 Å². The minimum absolute atomic E-state index is 0.563. The Hall–Kier alpha value is -0.500. The van der Waals surface area contributed by atoms with Gasteiger partial charge in [0.25, 0.3) is 0 Å². The summed E-state index contributed by atoms with van der Waals surface area (Å²) in [5.74, 6) is 1.17. The van der Waals surface area contributed by atoms with Crippen molar-refractivity contribution >= 4 is 0 Å². The van der Waals surface area contributed by atoms with E-state index in [-0.39, 0.29) is 0 Å². The third-order valence-corrected chi connectivity index (χ3v) is 3.24. The van der Waals surface area contributed by atoms with Crippen LogP contribution in [0.3, 0.4) is 0 Å². The standard InChI is InChI=1S/C14H27NO/c1-10(2)13-9-16-8-7-15(12(5)6)14(13)11(3)4/h10-12H,7-9H2,1-6H3. The lowest BCUT2D eigenvalue weighted by Gasteiger charge is -2.34. The maximum atomic E-state index is 5.73. The first-order valence-corrected chi connectivity index (χ1v) is 6.52. The smallest absolute Gasteiger partial charge is 0.0699 e. The predicted octanol–water partition coefficient (Wildman–Crippen LogP) is 3.29. The lowest BCUT2D eigenvalue weighted by Crippen LogP contribution is -2.35. The summed E-state index contributed by atoms with van der Waals surface area (Å²) >= 11 is 0. The molecule has 16 heavy (non-hydrogen) atoms. The first-order chi connectivity index (χ1) is 7.45. The van der Waals surface area contributed by atoms with Crippen LogP contribution in [-0.4, -0.2) is 30.7 Å². The number of ether oxygens (including phenoxy) is 1. The Bertz CT molecular complexity index is 253. The van der Waals surface area contributed by atoms with Crippen LogP contribution in [0, 0.1) is 11.8 Å². The zero-order chi connectivity index (χ0) is 12.3. The van der Waals surface area contributed by atoms with Crippen molar-refractivity contribution in [3.8, 4) is 0 Å². The molecule has 0 saturated carbocycles. The molecule has 1 rings (SSSR count). The first kappa shape index (κ1) is 13.6. The van der Waals surface area contributed by atoms with Crippen LogP contribution in [0.15, 0.2) is 11.3 Å². The van der Waals surface area contributed by atoms with Crippen molar-refractivity contribution in [2.75, 3.05) is 19.8 Å². The third kappa shape index (κ3) is 3.00. The van der Waals surface area contributed by atoms with E-state index in [9.17, 15) is 0 Å². The quantitative estimate of drug-likeness (QED) is 0.731. The molecule has 0 saturated heterocycles. The van der Waals surface area contributed by atoms with Crippen molar-refractivity contribution < 1.29 is 4.74 Å². The fourth-order valence-electron chi connectivity index (χ4n) is 2.43. The minimum Gasteiger partial charge on any atom is -0.375 e. The molecule has 1 heterocycles. The van der Waals surface area contributed by atoms with Crippen LogP contribution in [0.4, 0.5) is 0 Å². The molecule has 0 aromatic rings. The Morgan fingerprint density at radius 3 is 2.06 bits per heavy atom. The number of allylic oxidation sites excluding steroid dienone is 1. The van der Waals surface area contributed by atoms with Crippen LogP contribution in [0.25, 0.3) is 0 Å². The highest BCUT2D eigenvalue weighted by molar-refractivity contribution is 5.19. The second-order valence-electron chi connectivity index (χ2n) is 5.56. The molecule has 2 nitrogen and oxygen atoms in total. The van der Waals surface area contributed by atoms with Gasteiger partial charge in [0.2, 0.25) is 0 Å². The van der Waals surface area contributed by atoms with Crippen LogP contribution in [-0.2, 0) is 4.74 Å². The van der Waals surface area contributed by atoms with E-state index >= 15 is 0 Å². The Labute approximate surface area is 101 Å². The first-order valence-electron chi connectivity index (χ1n) is 6.52. The van der Waals surface area contributed by atoms with E-state index in [0.717, 1.165) is 19.8 Å². The molecule has 0 aromatic carbocycles. The topological polar surface area (TPSA) is 12.5 Å². The lowest BCUT2D eigenvalue weighted by atomic mass is 9.94. The molecule has 2 heteroatoms. The van der Waals surface area contributed by atoms with E-state index in [2.05, 4.69) is 46.4 Å². The summed E-state index contributed by atoms with van der Waals surface area (Å²) in [5.41, 5.74) is 3.00. The molecule has 0 atom stereocenters. The molecule has 1 aliphatic heterocycles. The Balaban J connectivity index is 3.11. The largest absolute Gasteiger partial charge is 0.375 e. The van der Waals surface area contributed by atoms with Crippen LogP contribution in [0.1, 0.15) is 41.5 Å². The Kier molecular flexibility index (Phi) is 4.85. The van der Waals surface area contributed by atoms with Gasteiger partial charge in [-0.15, -0.1) is 0 Å². The minimum atomic E-state index is 0.563. The summed E-state index contributed by atoms with van der Waals surface area (Å²) in [7, 11) is 0. The highest BCUT2D eigenvalue weighted by Crippen LogP contribution is 2.28. The zero-order valence-corrected chi connectivity index (χ0v) is 11.7. The molecule has 94 valence electrons. The van der Waals surface area contributed by atoms with Gasteiger partial charge in [0.1, 0.15) is 0 Å². The maximum absolute atomic E-state index is 5.73. The van der Waals surface area contributed by atoms with Gasteiger partial charge in [0.15, 0.2) is 0 Å². The van der Waals surface area contributed by atoms with Gasteiger partial charge in [-0.1, -0.05) is 27.7 Å². The molecule has 0 amide bonds. The van der Waals surface area contributed by atoms with Crippen molar-refractivity contribution in [1.82, 2.24) is 4.90 Å². The van der Waals surface area contributed by atoms with Crippen LogP contribution in [0.2, 0.25) is 0 Å². The van der Waals surface area contributed by atoms with E-state index in [1.807, 2.05) is 0 Å². The van der Waals surface area contributed by atoms with E-state index in [0.29, 0.717) is 17.9 Å². The average Bonchev–Trinajstić information content (AvgIpc) is 2.38. The van der Waals surface area contributed by atoms with Gasteiger partial charge in [0.05, 0.1) is 13.2 Å². The van der Waals surface area contributed by atoms with Crippen molar-refractivity contribution in [3.63, 3.8) is 0 Å². The van der Waals surface area contributed by atoms with Crippen molar-refractivity contribution in [1.29, 1.82) is 0 Å². The van der Waals surface area contributed by atoms with E-state index in [1.165, 1.54) is 11.3 Å². The highest BCUT2D eigenvalue weighted by atomic mass is 16.5. The molecule has 0 radical (unpaired) electrons. The predicted molar refractivity (Wildman–Crippen MR) is 69.4 cm³/mol. The van der Waals surface area contributed by atoms with Crippen molar-refractivity contribution in [2.45, 2.75) is 47.6 Å². The summed E-state index contributed by atoms with van der Waals surface area (Å²) in [6.07, 6.45) is 0. The van der Waals surface area contributed by atoms with Gasteiger partial charge in [-0.3, -0.25) is 0 Å². The molecular formula is C14H27NO. The molecular weight excluding hydrogens is 198 g/mol. The lowest BCUT2D eigenvalue weighted by molar-refractivity contribution is 0.135. The molecule has 0 bridgehead atoms. The molecule has 0 unspecified atom stereocenters. The second kappa shape index (κ2) is 5.72. The normalized spacial score (nSPS) is 18.9. The summed E-state index contributed by atoms with van der Waals surface area (Å²) in [6, 6.07) is 0.563. The summed E-state index contributed by atoms with van der Waals surface area (Å²) in [5, 5.41) is 0. The van der Waals surface area contributed by atoms with Gasteiger partial charge in [-0.05, 0) is 31.3 Å². The summed E-state index contributed by atoms with van der Waals surface area (Å²) < 4.78 is 5.73. The number of rotatable bonds is 3. The number of hydrogen-bond acceptors (Lipinski definition) is 2. The summed E-state index contributed by atoms with van der Waals surface area (Å²) in [6.45, 7) is 16.4.